The summed E-state index contributed by atoms with van der Waals surface area (Å²) >= 11 is 2.27. The second-order valence-electron chi connectivity index (χ2n) is 15.8. The normalized spacial score (nSPS) is 27.2. The molecule has 1 rings (SSSR count). The lowest BCUT2D eigenvalue weighted by atomic mass is 9.90. The highest BCUT2D eigenvalue weighted by Crippen LogP contribution is 2.45. The molecule has 9 heteroatoms. The van der Waals surface area contributed by atoms with Crippen LogP contribution in [0.5, 0.6) is 0 Å². The number of aliphatic hydroxyl groups is 1. The molecular formula is C30H61IO5Si3. The minimum atomic E-state index is -2.28. The molecule has 1 aliphatic rings. The smallest absolute Gasteiger partial charge is 0.193 e. The van der Waals surface area contributed by atoms with Gasteiger partial charge in [0.2, 0.25) is 0 Å². The lowest BCUT2D eigenvalue weighted by molar-refractivity contribution is -0.229. The third kappa shape index (κ3) is 9.58. The molecule has 1 N–H and O–H groups in total. The van der Waals surface area contributed by atoms with E-state index in [4.69, 9.17) is 18.0 Å². The van der Waals surface area contributed by atoms with Crippen molar-refractivity contribution in [1.82, 2.24) is 0 Å². The first-order valence-electron chi connectivity index (χ1n) is 14.6. The van der Waals surface area contributed by atoms with Crippen molar-refractivity contribution in [2.24, 2.45) is 0 Å². The SMILES string of the molecule is C=CCCC1O[C@@H](C(/C=C/I)O[Si](C)(C)C(C)(C)C)C(O[Si](C)(C)C(C)(C)C)C(O[Si](C)(C)C(C)(C)C)[C@H]1O. The van der Waals surface area contributed by atoms with Crippen LogP contribution in [0.2, 0.25) is 54.4 Å². The molecule has 1 aliphatic heterocycles. The zero-order valence-electron chi connectivity index (χ0n) is 27.8. The molecule has 0 aliphatic carbocycles. The van der Waals surface area contributed by atoms with Crippen LogP contribution in [0, 0.1) is 0 Å². The van der Waals surface area contributed by atoms with E-state index in [-0.39, 0.29) is 21.2 Å². The number of hydrogen-bond acceptors (Lipinski definition) is 5. The molecule has 0 aromatic heterocycles. The molecule has 230 valence electrons. The molecule has 0 radical (unpaired) electrons. The van der Waals surface area contributed by atoms with Crippen molar-refractivity contribution in [3.05, 3.63) is 22.8 Å². The molecule has 0 aromatic rings. The fourth-order valence-corrected chi connectivity index (χ4v) is 8.11. The summed E-state index contributed by atoms with van der Waals surface area (Å²) in [4.78, 5) is 0. The van der Waals surface area contributed by atoms with Crippen LogP contribution in [-0.2, 0) is 18.0 Å². The zero-order chi connectivity index (χ0) is 30.8. The Labute approximate surface area is 258 Å². The highest BCUT2D eigenvalue weighted by molar-refractivity contribution is 14.1. The van der Waals surface area contributed by atoms with E-state index in [1.165, 1.54) is 0 Å². The molecule has 39 heavy (non-hydrogen) atoms. The Morgan fingerprint density at radius 2 is 1.26 bits per heavy atom. The maximum Gasteiger partial charge on any atom is 0.193 e. The molecule has 1 saturated heterocycles. The van der Waals surface area contributed by atoms with Gasteiger partial charge in [-0.25, -0.2) is 0 Å². The zero-order valence-corrected chi connectivity index (χ0v) is 32.9. The van der Waals surface area contributed by atoms with Gasteiger partial charge in [0.25, 0.3) is 0 Å². The highest BCUT2D eigenvalue weighted by atomic mass is 127. The molecular weight excluding hydrogens is 651 g/mol. The van der Waals surface area contributed by atoms with Crippen LogP contribution in [0.25, 0.3) is 0 Å². The summed E-state index contributed by atoms with van der Waals surface area (Å²) in [6, 6.07) is 0. The van der Waals surface area contributed by atoms with Crippen LogP contribution in [-0.4, -0.2) is 66.7 Å². The summed E-state index contributed by atoms with van der Waals surface area (Å²) in [7, 11) is -6.72. The summed E-state index contributed by atoms with van der Waals surface area (Å²) in [6.07, 6.45) is 2.53. The molecule has 4 unspecified atom stereocenters. The summed E-state index contributed by atoms with van der Waals surface area (Å²) < 4.78 is 30.2. The van der Waals surface area contributed by atoms with Gasteiger partial charge in [-0.05, 0) is 77.4 Å². The van der Waals surface area contributed by atoms with Crippen LogP contribution in [0.3, 0.4) is 0 Å². The van der Waals surface area contributed by atoms with Gasteiger partial charge in [-0.3, -0.25) is 0 Å². The summed E-state index contributed by atoms with van der Waals surface area (Å²) in [6.45, 7) is 37.8. The van der Waals surface area contributed by atoms with Crippen molar-refractivity contribution >= 4 is 47.5 Å². The largest absolute Gasteiger partial charge is 0.408 e. The van der Waals surface area contributed by atoms with Gasteiger partial charge in [0.15, 0.2) is 25.0 Å². The topological polar surface area (TPSA) is 57.2 Å². The van der Waals surface area contributed by atoms with Crippen molar-refractivity contribution in [1.29, 1.82) is 0 Å². The van der Waals surface area contributed by atoms with Gasteiger partial charge >= 0.3 is 0 Å². The number of hydrogen-bond donors (Lipinski definition) is 1. The summed E-state index contributed by atoms with van der Waals surface area (Å²) in [5.41, 5.74) is 0. The van der Waals surface area contributed by atoms with Crippen LogP contribution >= 0.6 is 22.6 Å². The summed E-state index contributed by atoms with van der Waals surface area (Å²) in [5, 5.41) is 11.9. The van der Waals surface area contributed by atoms with Crippen LogP contribution in [0.4, 0.5) is 0 Å². The van der Waals surface area contributed by atoms with E-state index in [1.54, 1.807) is 0 Å². The molecule has 0 aromatic carbocycles. The van der Waals surface area contributed by atoms with Gasteiger partial charge in [-0.15, -0.1) is 6.58 Å². The van der Waals surface area contributed by atoms with E-state index in [1.807, 2.05) is 10.2 Å². The quantitative estimate of drug-likeness (QED) is 0.132. The number of halogens is 1. The first kappa shape index (κ1) is 37.7. The van der Waals surface area contributed by atoms with E-state index in [0.717, 1.165) is 6.42 Å². The fraction of sp³-hybridized carbons (Fsp3) is 0.867. The third-order valence-corrected chi connectivity index (χ3v) is 23.5. The Morgan fingerprint density at radius 3 is 1.64 bits per heavy atom. The second kappa shape index (κ2) is 13.5. The molecule has 0 saturated carbocycles. The average molecular weight is 713 g/mol. The minimum absolute atomic E-state index is 0.0153. The first-order valence-corrected chi connectivity index (χ1v) is 24.5. The molecule has 6 atom stereocenters. The lowest BCUT2D eigenvalue weighted by Crippen LogP contribution is -2.67. The number of ether oxygens (including phenoxy) is 1. The molecule has 0 spiro atoms. The molecule has 5 nitrogen and oxygen atoms in total. The minimum Gasteiger partial charge on any atom is -0.408 e. The van der Waals surface area contributed by atoms with E-state index < -0.39 is 55.5 Å². The van der Waals surface area contributed by atoms with E-state index in [2.05, 4.69) is 137 Å². The van der Waals surface area contributed by atoms with Gasteiger partial charge in [-0.2, -0.15) is 0 Å². The van der Waals surface area contributed by atoms with E-state index in [0.29, 0.717) is 6.42 Å². The van der Waals surface area contributed by atoms with Gasteiger partial charge in [0, 0.05) is 0 Å². The molecule has 1 heterocycles. The van der Waals surface area contributed by atoms with Crippen molar-refractivity contribution < 1.29 is 23.1 Å². The number of rotatable bonds is 11. The number of allylic oxidation sites excluding steroid dienone is 1. The van der Waals surface area contributed by atoms with Crippen molar-refractivity contribution in [2.75, 3.05) is 0 Å². The molecule has 0 bridgehead atoms. The fourth-order valence-electron chi connectivity index (χ4n) is 3.85. The third-order valence-electron chi connectivity index (χ3n) is 9.65. The monoisotopic (exact) mass is 712 g/mol. The average Bonchev–Trinajstić information content (AvgIpc) is 2.72. The lowest BCUT2D eigenvalue weighted by Gasteiger charge is -2.54. The van der Waals surface area contributed by atoms with Crippen LogP contribution in [0.15, 0.2) is 22.8 Å². The Morgan fingerprint density at radius 1 is 0.821 bits per heavy atom. The second-order valence-corrected chi connectivity index (χ2v) is 30.8. The molecule has 1 fully saturated rings. The predicted molar refractivity (Wildman–Crippen MR) is 183 cm³/mol. The predicted octanol–water partition coefficient (Wildman–Crippen LogP) is 9.20. The van der Waals surface area contributed by atoms with Crippen molar-refractivity contribution in [2.45, 2.75) is 166 Å². The Kier molecular flexibility index (Phi) is 13.1. The first-order chi connectivity index (χ1) is 17.3. The molecule has 0 amide bonds. The Bertz CT molecular complexity index is 824. The summed E-state index contributed by atoms with van der Waals surface area (Å²) in [5.74, 6) is 0. The Hall–Kier alpha value is 0.661. The van der Waals surface area contributed by atoms with E-state index >= 15 is 0 Å². The van der Waals surface area contributed by atoms with Crippen LogP contribution in [0.1, 0.15) is 75.2 Å². The van der Waals surface area contributed by atoms with Gasteiger partial charge in [0.05, 0.1) is 12.2 Å². The number of aliphatic hydroxyl groups excluding tert-OH is 1. The Balaban J connectivity index is 3.82. The van der Waals surface area contributed by atoms with E-state index in [9.17, 15) is 5.11 Å². The van der Waals surface area contributed by atoms with Gasteiger partial charge < -0.3 is 23.1 Å². The van der Waals surface area contributed by atoms with Gasteiger partial charge in [0.1, 0.15) is 24.4 Å². The van der Waals surface area contributed by atoms with Gasteiger partial charge in [-0.1, -0.05) is 91.0 Å². The maximum atomic E-state index is 11.9. The van der Waals surface area contributed by atoms with Crippen molar-refractivity contribution in [3.63, 3.8) is 0 Å². The maximum absolute atomic E-state index is 11.9. The van der Waals surface area contributed by atoms with Crippen molar-refractivity contribution in [3.8, 4) is 0 Å². The standard InChI is InChI=1S/C30H61IO5Si3/c1-17-18-19-22-24(32)26(35-38(13,14)29(5,6)7)27(36-39(15,16)30(8,9)10)25(33-22)23(20-21-31)34-37(11,12)28(2,3)4/h17,20-27,32H,1,18-19H2,2-16H3/b21-20+/t22?,23?,24-,25-,26?,27?/m0/s1. The van der Waals surface area contributed by atoms with Crippen LogP contribution < -0.4 is 0 Å². The highest BCUT2D eigenvalue weighted by Gasteiger charge is 2.55.